The van der Waals surface area contributed by atoms with Crippen LogP contribution in [0, 0.1) is 5.41 Å². The fourth-order valence-corrected chi connectivity index (χ4v) is 1.92. The van der Waals surface area contributed by atoms with E-state index in [1.165, 1.54) is 12.8 Å². The van der Waals surface area contributed by atoms with E-state index in [0.29, 0.717) is 12.1 Å². The van der Waals surface area contributed by atoms with E-state index in [9.17, 15) is 0 Å². The first-order valence-electron chi connectivity index (χ1n) is 5.51. The standard InChI is InChI=1S/C11H20N2O/c1-11(2,3)9-7-14-10(13-9)8-5-4-6-12-8/h8-9,12H,4-7H2,1-3H3/t8-,9+/m0/s1. The van der Waals surface area contributed by atoms with Crippen molar-refractivity contribution in [2.24, 2.45) is 10.4 Å². The molecule has 2 aliphatic heterocycles. The second kappa shape index (κ2) is 3.54. The average Bonchev–Trinajstić information content (AvgIpc) is 2.73. The maximum Gasteiger partial charge on any atom is 0.201 e. The highest BCUT2D eigenvalue weighted by Crippen LogP contribution is 2.27. The molecule has 0 aromatic rings. The molecule has 0 saturated carbocycles. The van der Waals surface area contributed by atoms with Crippen LogP contribution in [0.3, 0.4) is 0 Å². The maximum absolute atomic E-state index is 5.66. The summed E-state index contributed by atoms with van der Waals surface area (Å²) in [5.41, 5.74) is 0.223. The van der Waals surface area contributed by atoms with Crippen molar-refractivity contribution in [2.75, 3.05) is 13.2 Å². The van der Waals surface area contributed by atoms with E-state index in [2.05, 4.69) is 31.1 Å². The summed E-state index contributed by atoms with van der Waals surface area (Å²) >= 11 is 0. The smallest absolute Gasteiger partial charge is 0.201 e. The Morgan fingerprint density at radius 2 is 2.21 bits per heavy atom. The zero-order valence-corrected chi connectivity index (χ0v) is 9.34. The van der Waals surface area contributed by atoms with Gasteiger partial charge in [0.25, 0.3) is 0 Å². The van der Waals surface area contributed by atoms with Crippen LogP contribution in [-0.2, 0) is 4.74 Å². The maximum atomic E-state index is 5.66. The Morgan fingerprint density at radius 1 is 1.43 bits per heavy atom. The molecule has 2 atom stereocenters. The molecule has 1 saturated heterocycles. The summed E-state index contributed by atoms with van der Waals surface area (Å²) in [6.07, 6.45) is 2.42. The van der Waals surface area contributed by atoms with Crippen LogP contribution in [0.25, 0.3) is 0 Å². The third-order valence-corrected chi connectivity index (χ3v) is 3.03. The highest BCUT2D eigenvalue weighted by atomic mass is 16.5. The Hall–Kier alpha value is -0.570. The van der Waals surface area contributed by atoms with Crippen molar-refractivity contribution in [1.82, 2.24) is 5.32 Å². The van der Waals surface area contributed by atoms with Crippen LogP contribution < -0.4 is 5.32 Å². The number of hydrogen-bond acceptors (Lipinski definition) is 3. The quantitative estimate of drug-likeness (QED) is 0.691. The van der Waals surface area contributed by atoms with Crippen LogP contribution >= 0.6 is 0 Å². The first kappa shape index (κ1) is 9.97. The van der Waals surface area contributed by atoms with E-state index < -0.39 is 0 Å². The molecule has 14 heavy (non-hydrogen) atoms. The third-order valence-electron chi connectivity index (χ3n) is 3.03. The fourth-order valence-electron chi connectivity index (χ4n) is 1.92. The molecule has 0 aromatic heterocycles. The van der Waals surface area contributed by atoms with E-state index in [0.717, 1.165) is 19.0 Å². The normalized spacial score (nSPS) is 32.9. The third kappa shape index (κ3) is 1.92. The van der Waals surface area contributed by atoms with Crippen LogP contribution in [0.4, 0.5) is 0 Å². The Bertz CT molecular complexity index is 236. The number of ether oxygens (including phenoxy) is 1. The van der Waals surface area contributed by atoms with Crippen LogP contribution in [0.2, 0.25) is 0 Å². The monoisotopic (exact) mass is 196 g/mol. The zero-order valence-electron chi connectivity index (χ0n) is 9.34. The van der Waals surface area contributed by atoms with E-state index in [1.54, 1.807) is 0 Å². The molecule has 0 bridgehead atoms. The fraction of sp³-hybridized carbons (Fsp3) is 0.909. The van der Waals surface area contributed by atoms with E-state index in [1.807, 2.05) is 0 Å². The van der Waals surface area contributed by atoms with E-state index in [4.69, 9.17) is 4.74 Å². The summed E-state index contributed by atoms with van der Waals surface area (Å²) in [6.45, 7) is 8.52. The van der Waals surface area contributed by atoms with Gasteiger partial charge in [0.05, 0.1) is 12.1 Å². The molecule has 3 heteroatoms. The molecule has 0 radical (unpaired) electrons. The summed E-state index contributed by atoms with van der Waals surface area (Å²) in [7, 11) is 0. The highest BCUT2D eigenvalue weighted by molar-refractivity contribution is 5.83. The van der Waals surface area contributed by atoms with Crippen molar-refractivity contribution in [1.29, 1.82) is 0 Å². The molecule has 2 heterocycles. The van der Waals surface area contributed by atoms with Gasteiger partial charge < -0.3 is 10.1 Å². The van der Waals surface area contributed by atoms with Gasteiger partial charge in [-0.3, -0.25) is 0 Å². The molecule has 0 aliphatic carbocycles. The molecular weight excluding hydrogens is 176 g/mol. The molecule has 1 fully saturated rings. The first-order valence-corrected chi connectivity index (χ1v) is 5.51. The van der Waals surface area contributed by atoms with Gasteiger partial charge in [-0.2, -0.15) is 0 Å². The van der Waals surface area contributed by atoms with Gasteiger partial charge in [0.15, 0.2) is 0 Å². The lowest BCUT2D eigenvalue weighted by atomic mass is 9.88. The minimum atomic E-state index is 0.223. The first-order chi connectivity index (χ1) is 6.57. The van der Waals surface area contributed by atoms with Gasteiger partial charge in [-0.1, -0.05) is 20.8 Å². The van der Waals surface area contributed by atoms with Crippen LogP contribution in [0.5, 0.6) is 0 Å². The summed E-state index contributed by atoms with van der Waals surface area (Å²) in [5.74, 6) is 0.947. The van der Waals surface area contributed by atoms with Crippen LogP contribution in [0.1, 0.15) is 33.6 Å². The van der Waals surface area contributed by atoms with E-state index in [-0.39, 0.29) is 5.41 Å². The predicted octanol–water partition coefficient (Wildman–Crippen LogP) is 1.58. The van der Waals surface area contributed by atoms with Crippen molar-refractivity contribution in [3.63, 3.8) is 0 Å². The minimum Gasteiger partial charge on any atom is -0.478 e. The molecular formula is C11H20N2O. The zero-order chi connectivity index (χ0) is 10.2. The molecule has 80 valence electrons. The Morgan fingerprint density at radius 3 is 2.71 bits per heavy atom. The SMILES string of the molecule is CC(C)(C)[C@H]1COC([C@@H]2CCCN2)=N1. The van der Waals surface area contributed by atoms with Crippen molar-refractivity contribution >= 4 is 5.90 Å². The molecule has 2 aliphatic rings. The summed E-state index contributed by atoms with van der Waals surface area (Å²) in [5, 5.41) is 3.41. The van der Waals surface area contributed by atoms with Gasteiger partial charge in [-0.15, -0.1) is 0 Å². The number of aliphatic imine (C=N–C) groups is 1. The molecule has 0 aromatic carbocycles. The Kier molecular flexibility index (Phi) is 2.52. The van der Waals surface area contributed by atoms with E-state index >= 15 is 0 Å². The summed E-state index contributed by atoms with van der Waals surface area (Å²) in [6, 6.07) is 0.724. The highest BCUT2D eigenvalue weighted by Gasteiger charge is 2.33. The summed E-state index contributed by atoms with van der Waals surface area (Å²) in [4.78, 5) is 4.67. The van der Waals surface area contributed by atoms with Crippen molar-refractivity contribution in [3.8, 4) is 0 Å². The topological polar surface area (TPSA) is 33.6 Å². The number of nitrogens with one attached hydrogen (secondary N) is 1. The molecule has 0 unspecified atom stereocenters. The Labute approximate surface area is 85.9 Å². The van der Waals surface area contributed by atoms with Gasteiger partial charge >= 0.3 is 0 Å². The summed E-state index contributed by atoms with van der Waals surface area (Å²) < 4.78 is 5.66. The number of rotatable bonds is 1. The lowest BCUT2D eigenvalue weighted by Crippen LogP contribution is -2.30. The average molecular weight is 196 g/mol. The number of nitrogens with zero attached hydrogens (tertiary/aromatic N) is 1. The molecule has 3 nitrogen and oxygen atoms in total. The van der Waals surface area contributed by atoms with Crippen LogP contribution in [-0.4, -0.2) is 31.1 Å². The molecule has 0 spiro atoms. The second-order valence-corrected chi connectivity index (χ2v) is 5.31. The van der Waals surface area contributed by atoms with Gasteiger partial charge in [0, 0.05) is 0 Å². The second-order valence-electron chi connectivity index (χ2n) is 5.31. The van der Waals surface area contributed by atoms with Gasteiger partial charge in [0.2, 0.25) is 5.90 Å². The van der Waals surface area contributed by atoms with Crippen molar-refractivity contribution < 1.29 is 4.74 Å². The predicted molar refractivity (Wildman–Crippen MR) is 57.7 cm³/mol. The van der Waals surface area contributed by atoms with Crippen LogP contribution in [0.15, 0.2) is 4.99 Å². The van der Waals surface area contributed by atoms with Gasteiger partial charge in [0.1, 0.15) is 6.61 Å². The van der Waals surface area contributed by atoms with Crippen molar-refractivity contribution in [2.45, 2.75) is 45.7 Å². The van der Waals surface area contributed by atoms with Gasteiger partial charge in [-0.05, 0) is 24.8 Å². The molecule has 0 amide bonds. The van der Waals surface area contributed by atoms with Crippen molar-refractivity contribution in [3.05, 3.63) is 0 Å². The van der Waals surface area contributed by atoms with Gasteiger partial charge in [-0.25, -0.2) is 4.99 Å². The molecule has 2 rings (SSSR count). The number of hydrogen-bond donors (Lipinski definition) is 1. The lowest BCUT2D eigenvalue weighted by Gasteiger charge is -2.21. The lowest BCUT2D eigenvalue weighted by molar-refractivity contribution is 0.231. The minimum absolute atomic E-state index is 0.223. The largest absolute Gasteiger partial charge is 0.478 e. The molecule has 1 N–H and O–H groups in total. The Balaban J connectivity index is 2.01.